The molecule has 0 radical (unpaired) electrons. The fraction of sp³-hybridized carbons (Fsp3) is 0.538. The summed E-state index contributed by atoms with van der Waals surface area (Å²) in [7, 11) is 0. The van der Waals surface area contributed by atoms with Crippen LogP contribution < -0.4 is 5.32 Å². The number of anilines is 1. The van der Waals surface area contributed by atoms with Gasteiger partial charge >= 0.3 is 0 Å². The van der Waals surface area contributed by atoms with Gasteiger partial charge in [0.25, 0.3) is 5.91 Å². The molecule has 0 fully saturated rings. The molecule has 2 N–H and O–H groups in total. The Hall–Kier alpha value is -1.42. The van der Waals surface area contributed by atoms with Crippen molar-refractivity contribution in [3.05, 3.63) is 11.1 Å². The highest BCUT2D eigenvalue weighted by Gasteiger charge is 2.13. The molecule has 0 spiro atoms. The number of ether oxygens (including phenoxy) is 1. The van der Waals surface area contributed by atoms with E-state index >= 15 is 0 Å². The van der Waals surface area contributed by atoms with Gasteiger partial charge in [0.1, 0.15) is 6.61 Å². The van der Waals surface area contributed by atoms with E-state index < -0.39 is 0 Å². The molecule has 0 aliphatic carbocycles. The Morgan fingerprint density at radius 1 is 1.58 bits per heavy atom. The second kappa shape index (κ2) is 7.24. The first-order valence-corrected chi connectivity index (χ1v) is 6.72. The summed E-state index contributed by atoms with van der Waals surface area (Å²) in [6, 6.07) is 0. The van der Waals surface area contributed by atoms with Crippen molar-refractivity contribution in [3.63, 3.8) is 0 Å². The van der Waals surface area contributed by atoms with Crippen LogP contribution in [0.15, 0.2) is 6.20 Å². The quantitative estimate of drug-likeness (QED) is 0.823. The predicted molar refractivity (Wildman–Crippen MR) is 75.0 cm³/mol. The highest BCUT2D eigenvalue weighted by atomic mass is 32.1. The first kappa shape index (κ1) is 15.6. The third-order valence-electron chi connectivity index (χ3n) is 1.84. The Morgan fingerprint density at radius 2 is 2.32 bits per heavy atom. The SMILES string of the molecule is CC(C)(C)OCC(=O)Nc1ncc(C#CCCO)s1. The first-order chi connectivity index (χ1) is 8.90. The Labute approximate surface area is 117 Å². The molecule has 1 aromatic heterocycles. The number of nitrogens with zero attached hydrogens (tertiary/aromatic N) is 1. The summed E-state index contributed by atoms with van der Waals surface area (Å²) in [4.78, 5) is 16.4. The van der Waals surface area contributed by atoms with Crippen LogP contribution >= 0.6 is 11.3 Å². The minimum absolute atomic E-state index is 0.00535. The number of carbonyl (C=O) groups is 1. The Kier molecular flexibility index (Phi) is 5.96. The van der Waals surface area contributed by atoms with E-state index in [-0.39, 0.29) is 24.7 Å². The number of hydrogen-bond acceptors (Lipinski definition) is 5. The molecule has 104 valence electrons. The normalized spacial score (nSPS) is 10.7. The number of thiazole rings is 1. The molecule has 1 heterocycles. The van der Waals surface area contributed by atoms with Crippen LogP contribution in [-0.4, -0.2) is 34.8 Å². The zero-order valence-electron chi connectivity index (χ0n) is 11.3. The summed E-state index contributed by atoms with van der Waals surface area (Å²) in [6.45, 7) is 5.70. The standard InChI is InChI=1S/C13H18N2O3S/c1-13(2,3)18-9-11(17)15-12-14-8-10(19-12)6-4-5-7-16/h8,16H,5,7,9H2,1-3H3,(H,14,15,17). The van der Waals surface area contributed by atoms with Crippen LogP contribution in [0.3, 0.4) is 0 Å². The zero-order valence-corrected chi connectivity index (χ0v) is 12.1. The molecule has 5 nitrogen and oxygen atoms in total. The fourth-order valence-corrected chi connectivity index (χ4v) is 1.74. The van der Waals surface area contributed by atoms with Crippen molar-refractivity contribution in [1.29, 1.82) is 0 Å². The number of aliphatic hydroxyl groups excluding tert-OH is 1. The van der Waals surface area contributed by atoms with E-state index in [9.17, 15) is 4.79 Å². The van der Waals surface area contributed by atoms with Gasteiger partial charge in [-0.05, 0) is 20.8 Å². The largest absolute Gasteiger partial charge is 0.395 e. The van der Waals surface area contributed by atoms with Crippen LogP contribution in [0.1, 0.15) is 32.1 Å². The fourth-order valence-electron chi connectivity index (χ4n) is 1.03. The van der Waals surface area contributed by atoms with Gasteiger partial charge in [0, 0.05) is 6.42 Å². The lowest BCUT2D eigenvalue weighted by molar-refractivity contribution is -0.125. The van der Waals surface area contributed by atoms with Crippen molar-refractivity contribution in [2.45, 2.75) is 32.8 Å². The van der Waals surface area contributed by atoms with Crippen molar-refractivity contribution < 1.29 is 14.6 Å². The number of aromatic nitrogens is 1. The smallest absolute Gasteiger partial charge is 0.252 e. The molecule has 0 saturated carbocycles. The number of rotatable bonds is 4. The summed E-state index contributed by atoms with van der Waals surface area (Å²) in [5.41, 5.74) is -0.346. The topological polar surface area (TPSA) is 71.5 Å². The van der Waals surface area contributed by atoms with Crippen LogP contribution in [0.4, 0.5) is 5.13 Å². The van der Waals surface area contributed by atoms with Crippen molar-refractivity contribution in [2.75, 3.05) is 18.5 Å². The van der Waals surface area contributed by atoms with Gasteiger partial charge in [0.2, 0.25) is 0 Å². The summed E-state index contributed by atoms with van der Waals surface area (Å²) in [6.07, 6.45) is 2.02. The Balaban J connectivity index is 2.46. The van der Waals surface area contributed by atoms with Crippen LogP contribution in [0, 0.1) is 11.8 Å². The maximum atomic E-state index is 11.6. The third-order valence-corrected chi connectivity index (χ3v) is 2.66. The van der Waals surface area contributed by atoms with Gasteiger partial charge in [-0.1, -0.05) is 23.2 Å². The van der Waals surface area contributed by atoms with Crippen molar-refractivity contribution in [1.82, 2.24) is 4.98 Å². The molecular weight excluding hydrogens is 264 g/mol. The second-order valence-corrected chi connectivity index (χ2v) is 5.78. The van der Waals surface area contributed by atoms with Gasteiger partial charge in [-0.2, -0.15) is 0 Å². The molecule has 0 aromatic carbocycles. The van der Waals surface area contributed by atoms with Crippen LogP contribution in [-0.2, 0) is 9.53 Å². The molecule has 0 aliphatic heterocycles. The zero-order chi connectivity index (χ0) is 14.3. The van der Waals surface area contributed by atoms with Crippen molar-refractivity contribution in [3.8, 4) is 11.8 Å². The predicted octanol–water partition coefficient (Wildman–Crippen LogP) is 1.63. The van der Waals surface area contributed by atoms with E-state index in [1.807, 2.05) is 20.8 Å². The molecule has 0 atom stereocenters. The maximum Gasteiger partial charge on any atom is 0.252 e. The number of nitrogens with one attached hydrogen (secondary N) is 1. The molecule has 1 rings (SSSR count). The van der Waals surface area contributed by atoms with Gasteiger partial charge in [-0.15, -0.1) is 0 Å². The van der Waals surface area contributed by atoms with Crippen molar-refractivity contribution in [2.24, 2.45) is 0 Å². The van der Waals surface area contributed by atoms with Crippen LogP contribution in [0.5, 0.6) is 0 Å². The molecule has 0 unspecified atom stereocenters. The Morgan fingerprint density at radius 3 is 2.95 bits per heavy atom. The molecule has 0 aliphatic rings. The number of carbonyl (C=O) groups excluding carboxylic acids is 1. The monoisotopic (exact) mass is 282 g/mol. The molecule has 19 heavy (non-hydrogen) atoms. The molecule has 0 saturated heterocycles. The minimum atomic E-state index is -0.346. The summed E-state index contributed by atoms with van der Waals surface area (Å²) in [5.74, 6) is 5.42. The van der Waals surface area contributed by atoms with Crippen LogP contribution in [0.25, 0.3) is 0 Å². The maximum absolute atomic E-state index is 11.6. The summed E-state index contributed by atoms with van der Waals surface area (Å²) >= 11 is 1.29. The highest BCUT2D eigenvalue weighted by Crippen LogP contribution is 2.17. The molecule has 1 amide bonds. The van der Waals surface area contributed by atoms with E-state index in [1.54, 1.807) is 6.20 Å². The Bertz CT molecular complexity index is 480. The van der Waals surface area contributed by atoms with E-state index in [4.69, 9.17) is 9.84 Å². The number of aliphatic hydroxyl groups is 1. The molecular formula is C13H18N2O3S. The minimum Gasteiger partial charge on any atom is -0.395 e. The van der Waals surface area contributed by atoms with Gasteiger partial charge < -0.3 is 9.84 Å². The summed E-state index contributed by atoms with van der Waals surface area (Å²) < 4.78 is 5.36. The third kappa shape index (κ3) is 6.91. The van der Waals surface area contributed by atoms with E-state index in [1.165, 1.54) is 11.3 Å². The average Bonchev–Trinajstić information content (AvgIpc) is 2.74. The lowest BCUT2D eigenvalue weighted by Gasteiger charge is -2.18. The van der Waals surface area contributed by atoms with Gasteiger partial charge in [-0.3, -0.25) is 10.1 Å². The van der Waals surface area contributed by atoms with E-state index in [0.717, 1.165) is 4.88 Å². The molecule has 6 heteroatoms. The first-order valence-electron chi connectivity index (χ1n) is 5.90. The van der Waals surface area contributed by atoms with Gasteiger partial charge in [-0.25, -0.2) is 4.98 Å². The van der Waals surface area contributed by atoms with E-state index in [0.29, 0.717) is 11.6 Å². The van der Waals surface area contributed by atoms with Gasteiger partial charge in [0.15, 0.2) is 5.13 Å². The number of hydrogen-bond donors (Lipinski definition) is 2. The van der Waals surface area contributed by atoms with Crippen LogP contribution in [0.2, 0.25) is 0 Å². The number of amides is 1. The second-order valence-electron chi connectivity index (χ2n) is 4.75. The summed E-state index contributed by atoms with van der Waals surface area (Å²) in [5, 5.41) is 11.8. The van der Waals surface area contributed by atoms with Gasteiger partial charge in [0.05, 0.1) is 23.3 Å². The molecule has 1 aromatic rings. The average molecular weight is 282 g/mol. The van der Waals surface area contributed by atoms with E-state index in [2.05, 4.69) is 22.1 Å². The lowest BCUT2D eigenvalue weighted by atomic mass is 10.2. The molecule has 0 bridgehead atoms. The highest BCUT2D eigenvalue weighted by molar-refractivity contribution is 7.16. The lowest BCUT2D eigenvalue weighted by Crippen LogP contribution is -2.27. The van der Waals surface area contributed by atoms with Crippen molar-refractivity contribution >= 4 is 22.4 Å².